The van der Waals surface area contributed by atoms with E-state index in [1.54, 1.807) is 30.3 Å². The molecule has 2 heterocycles. The smallest absolute Gasteiger partial charge is 0.270 e. The van der Waals surface area contributed by atoms with Crippen LogP contribution in [-0.4, -0.2) is 16.0 Å². The van der Waals surface area contributed by atoms with Crippen LogP contribution in [0.3, 0.4) is 0 Å². The molecule has 1 amide bonds. The molecular weight excluding hydrogens is 390 g/mol. The van der Waals surface area contributed by atoms with Crippen LogP contribution in [0.15, 0.2) is 75.0 Å². The number of furan rings is 1. The minimum absolute atomic E-state index is 0.0124. The highest BCUT2D eigenvalue weighted by Crippen LogP contribution is 2.31. The predicted octanol–water partition coefficient (Wildman–Crippen LogP) is 5.05. The second-order valence-corrected chi connectivity index (χ2v) is 7.31. The molecule has 2 aromatic carbocycles. The zero-order valence-corrected chi connectivity index (χ0v) is 16.1. The molecule has 7 nitrogen and oxygen atoms in total. The fourth-order valence-electron chi connectivity index (χ4n) is 2.77. The average Bonchev–Trinajstić information content (AvgIpc) is 3.31. The van der Waals surface area contributed by atoms with Gasteiger partial charge in [0.1, 0.15) is 11.5 Å². The molecule has 8 heteroatoms. The number of hydrogen-bond acceptors (Lipinski definition) is 6. The van der Waals surface area contributed by atoms with E-state index >= 15 is 0 Å². The van der Waals surface area contributed by atoms with Gasteiger partial charge in [0.15, 0.2) is 5.17 Å². The highest BCUT2D eigenvalue weighted by molar-refractivity contribution is 8.18. The summed E-state index contributed by atoms with van der Waals surface area (Å²) >= 11 is 1.23. The predicted molar refractivity (Wildman–Crippen MR) is 113 cm³/mol. The van der Waals surface area contributed by atoms with E-state index in [0.717, 1.165) is 11.3 Å². The van der Waals surface area contributed by atoms with Crippen LogP contribution < -0.4 is 5.32 Å². The van der Waals surface area contributed by atoms with Crippen molar-refractivity contribution in [1.29, 1.82) is 0 Å². The third kappa shape index (κ3) is 4.12. The van der Waals surface area contributed by atoms with Crippen molar-refractivity contribution in [3.8, 4) is 11.3 Å². The molecule has 1 aliphatic heterocycles. The van der Waals surface area contributed by atoms with Gasteiger partial charge in [-0.25, -0.2) is 4.99 Å². The van der Waals surface area contributed by atoms with Gasteiger partial charge in [-0.1, -0.05) is 30.3 Å². The summed E-state index contributed by atoms with van der Waals surface area (Å²) in [5, 5.41) is 14.2. The number of aliphatic imine (C=N–C) groups is 1. The summed E-state index contributed by atoms with van der Waals surface area (Å²) in [5.41, 5.74) is 2.39. The number of nitrogens with zero attached hydrogens (tertiary/aromatic N) is 2. The van der Waals surface area contributed by atoms with Crippen LogP contribution in [0.5, 0.6) is 0 Å². The van der Waals surface area contributed by atoms with Crippen molar-refractivity contribution in [2.24, 2.45) is 4.99 Å². The SMILES string of the molecule is Cc1ccccc1N=C1NC(=O)/C(=C/c2ccc(-c3cccc([N+](=O)[O-])c3)o2)S1. The summed E-state index contributed by atoms with van der Waals surface area (Å²) in [5.74, 6) is 0.703. The largest absolute Gasteiger partial charge is 0.457 e. The lowest BCUT2D eigenvalue weighted by molar-refractivity contribution is -0.384. The number of hydrogen-bond donors (Lipinski definition) is 1. The van der Waals surface area contributed by atoms with Gasteiger partial charge < -0.3 is 9.73 Å². The van der Waals surface area contributed by atoms with Gasteiger partial charge in [-0.15, -0.1) is 0 Å². The quantitative estimate of drug-likeness (QED) is 0.372. The first-order valence-electron chi connectivity index (χ1n) is 8.69. The number of aryl methyl sites for hydroxylation is 1. The van der Waals surface area contributed by atoms with Gasteiger partial charge in [-0.3, -0.25) is 14.9 Å². The molecule has 1 fully saturated rings. The molecule has 0 saturated carbocycles. The maximum atomic E-state index is 12.3. The van der Waals surface area contributed by atoms with Gasteiger partial charge in [0.2, 0.25) is 0 Å². The van der Waals surface area contributed by atoms with Crippen molar-refractivity contribution in [3.63, 3.8) is 0 Å². The van der Waals surface area contributed by atoms with E-state index in [4.69, 9.17) is 4.42 Å². The second kappa shape index (κ2) is 7.76. The summed E-state index contributed by atoms with van der Waals surface area (Å²) < 4.78 is 5.76. The van der Waals surface area contributed by atoms with Gasteiger partial charge in [0.25, 0.3) is 11.6 Å². The van der Waals surface area contributed by atoms with Crippen LogP contribution in [0, 0.1) is 17.0 Å². The normalized spacial score (nSPS) is 16.4. The van der Waals surface area contributed by atoms with Crippen LogP contribution >= 0.6 is 11.8 Å². The van der Waals surface area contributed by atoms with E-state index in [-0.39, 0.29) is 11.6 Å². The Kier molecular flexibility index (Phi) is 5.01. The Labute approximate surface area is 170 Å². The summed E-state index contributed by atoms with van der Waals surface area (Å²) in [6, 6.07) is 17.3. The Bertz CT molecular complexity index is 1180. The average molecular weight is 405 g/mol. The third-order valence-electron chi connectivity index (χ3n) is 4.23. The van der Waals surface area contributed by atoms with E-state index in [9.17, 15) is 14.9 Å². The topological polar surface area (TPSA) is 97.7 Å². The zero-order chi connectivity index (χ0) is 20.4. The van der Waals surface area contributed by atoms with Crippen LogP contribution in [0.1, 0.15) is 11.3 Å². The summed E-state index contributed by atoms with van der Waals surface area (Å²) in [6.07, 6.45) is 1.63. The minimum Gasteiger partial charge on any atom is -0.457 e. The minimum atomic E-state index is -0.454. The molecule has 4 rings (SSSR count). The zero-order valence-electron chi connectivity index (χ0n) is 15.3. The lowest BCUT2D eigenvalue weighted by atomic mass is 10.1. The van der Waals surface area contributed by atoms with Gasteiger partial charge in [0, 0.05) is 23.8 Å². The molecule has 0 unspecified atom stereocenters. The van der Waals surface area contributed by atoms with E-state index < -0.39 is 4.92 Å². The molecule has 144 valence electrons. The number of carbonyl (C=O) groups excluding carboxylic acids is 1. The Balaban J connectivity index is 1.56. The molecule has 0 bridgehead atoms. The first kappa shape index (κ1) is 18.7. The van der Waals surface area contributed by atoms with Gasteiger partial charge in [0.05, 0.1) is 15.5 Å². The molecule has 1 aliphatic rings. The van der Waals surface area contributed by atoms with Crippen molar-refractivity contribution >= 4 is 40.3 Å². The van der Waals surface area contributed by atoms with Crippen molar-refractivity contribution in [2.75, 3.05) is 0 Å². The maximum absolute atomic E-state index is 12.3. The number of para-hydroxylation sites is 1. The first-order valence-corrected chi connectivity index (χ1v) is 9.51. The van der Waals surface area contributed by atoms with Crippen molar-refractivity contribution in [1.82, 2.24) is 5.32 Å². The molecule has 3 aromatic rings. The van der Waals surface area contributed by atoms with Crippen LogP contribution in [0.4, 0.5) is 11.4 Å². The van der Waals surface area contributed by atoms with Crippen LogP contribution in [-0.2, 0) is 4.79 Å². The number of benzene rings is 2. The van der Waals surface area contributed by atoms with E-state index in [1.807, 2.05) is 31.2 Å². The number of nitro benzene ring substituents is 1. The van der Waals surface area contributed by atoms with E-state index in [1.165, 1.54) is 23.9 Å². The molecule has 0 aliphatic carbocycles. The lowest BCUT2D eigenvalue weighted by Crippen LogP contribution is -2.19. The molecule has 1 N–H and O–H groups in total. The highest BCUT2D eigenvalue weighted by atomic mass is 32.2. The Morgan fingerprint density at radius 3 is 2.76 bits per heavy atom. The molecule has 0 atom stereocenters. The van der Waals surface area contributed by atoms with Crippen LogP contribution in [0.25, 0.3) is 17.4 Å². The molecule has 0 radical (unpaired) electrons. The Morgan fingerprint density at radius 2 is 1.97 bits per heavy atom. The van der Waals surface area contributed by atoms with Crippen molar-refractivity contribution in [2.45, 2.75) is 6.92 Å². The molecule has 1 aromatic heterocycles. The Hall–Kier alpha value is -3.65. The maximum Gasteiger partial charge on any atom is 0.270 e. The number of amides is 1. The fourth-order valence-corrected chi connectivity index (χ4v) is 3.58. The summed E-state index contributed by atoms with van der Waals surface area (Å²) in [4.78, 5) is 27.7. The standard InChI is InChI=1S/C21H15N3O4S/c1-13-5-2-3-8-17(13)22-21-23-20(25)19(29-21)12-16-9-10-18(28-16)14-6-4-7-15(11-14)24(26)27/h2-12H,1H3,(H,22,23,25)/b19-12-. The molecule has 29 heavy (non-hydrogen) atoms. The Morgan fingerprint density at radius 1 is 1.14 bits per heavy atom. The van der Waals surface area contributed by atoms with Crippen LogP contribution in [0.2, 0.25) is 0 Å². The van der Waals surface area contributed by atoms with Gasteiger partial charge in [-0.05, 0) is 42.4 Å². The number of carbonyl (C=O) groups is 1. The number of thioether (sulfide) groups is 1. The monoisotopic (exact) mass is 405 g/mol. The number of non-ortho nitro benzene ring substituents is 1. The van der Waals surface area contributed by atoms with Gasteiger partial charge in [-0.2, -0.15) is 0 Å². The second-order valence-electron chi connectivity index (χ2n) is 6.28. The molecular formula is C21H15N3O4S. The summed E-state index contributed by atoms with van der Waals surface area (Å²) in [7, 11) is 0. The molecule has 0 spiro atoms. The number of nitro groups is 1. The van der Waals surface area contributed by atoms with E-state index in [0.29, 0.717) is 27.2 Å². The third-order valence-corrected chi connectivity index (χ3v) is 5.14. The van der Waals surface area contributed by atoms with Crippen molar-refractivity contribution < 1.29 is 14.1 Å². The number of amidine groups is 1. The van der Waals surface area contributed by atoms with Crippen molar-refractivity contribution in [3.05, 3.63) is 87.0 Å². The summed E-state index contributed by atoms with van der Waals surface area (Å²) in [6.45, 7) is 1.95. The first-order chi connectivity index (χ1) is 14.0. The number of nitrogens with one attached hydrogen (secondary N) is 1. The fraction of sp³-hybridized carbons (Fsp3) is 0.0476. The van der Waals surface area contributed by atoms with E-state index in [2.05, 4.69) is 10.3 Å². The van der Waals surface area contributed by atoms with Gasteiger partial charge >= 0.3 is 0 Å². The highest BCUT2D eigenvalue weighted by Gasteiger charge is 2.24. The molecule has 1 saturated heterocycles. The number of rotatable bonds is 4. The lowest BCUT2D eigenvalue weighted by Gasteiger charge is -1.99.